The van der Waals surface area contributed by atoms with Crippen LogP contribution in [0.3, 0.4) is 0 Å². The number of hydrogen-bond acceptors (Lipinski definition) is 6. The smallest absolute Gasteiger partial charge is 0.161 e. The lowest BCUT2D eigenvalue weighted by molar-refractivity contribution is 0.208. The highest BCUT2D eigenvalue weighted by Gasteiger charge is 2.24. The minimum absolute atomic E-state index is 0.197. The van der Waals surface area contributed by atoms with Gasteiger partial charge in [-0.3, -0.25) is 4.99 Å². The second-order valence-electron chi connectivity index (χ2n) is 8.86. The molecule has 2 heterocycles. The van der Waals surface area contributed by atoms with Crippen LogP contribution in [0.2, 0.25) is 0 Å². The predicted molar refractivity (Wildman–Crippen MR) is 144 cm³/mol. The zero-order chi connectivity index (χ0) is 24.5. The summed E-state index contributed by atoms with van der Waals surface area (Å²) in [5.41, 5.74) is 5.06. The molecule has 1 fully saturated rings. The summed E-state index contributed by atoms with van der Waals surface area (Å²) in [5, 5.41) is 9.79. The number of benzene rings is 1. The number of piperidine rings is 1. The van der Waals surface area contributed by atoms with Crippen molar-refractivity contribution in [3.05, 3.63) is 66.5 Å². The summed E-state index contributed by atoms with van der Waals surface area (Å²) in [4.78, 5) is 18.4. The highest BCUT2D eigenvalue weighted by molar-refractivity contribution is 6.11. The van der Waals surface area contributed by atoms with Gasteiger partial charge in [0.05, 0.1) is 0 Å². The van der Waals surface area contributed by atoms with Crippen molar-refractivity contribution in [2.24, 2.45) is 10.9 Å². The van der Waals surface area contributed by atoms with Crippen LogP contribution in [0.4, 0.5) is 5.82 Å². The van der Waals surface area contributed by atoms with E-state index in [1.807, 2.05) is 49.6 Å². The van der Waals surface area contributed by atoms with Crippen LogP contribution < -0.4 is 4.90 Å². The van der Waals surface area contributed by atoms with E-state index >= 15 is 0 Å². The molecule has 0 spiro atoms. The topological polar surface area (TPSA) is 64.9 Å². The van der Waals surface area contributed by atoms with Gasteiger partial charge in [-0.25, -0.2) is 9.97 Å². The molecule has 0 radical (unpaired) electrons. The van der Waals surface area contributed by atoms with E-state index in [2.05, 4.69) is 47.8 Å². The molecule has 0 amide bonds. The Balaban J connectivity index is 2.11. The number of allylic oxidation sites excluding steroid dienone is 4. The van der Waals surface area contributed by atoms with E-state index in [0.29, 0.717) is 5.82 Å². The molecular weight excluding hydrogens is 422 g/mol. The molecule has 1 atom stereocenters. The van der Waals surface area contributed by atoms with Gasteiger partial charge in [0, 0.05) is 76.2 Å². The van der Waals surface area contributed by atoms with E-state index < -0.39 is 0 Å². The number of rotatable bonds is 9. The first-order valence-corrected chi connectivity index (χ1v) is 12.0. The maximum Gasteiger partial charge on any atom is 0.161 e. The van der Waals surface area contributed by atoms with Gasteiger partial charge in [0.15, 0.2) is 5.82 Å². The lowest BCUT2D eigenvalue weighted by Crippen LogP contribution is -2.38. The Hall–Kier alpha value is -3.25. The van der Waals surface area contributed by atoms with Crippen molar-refractivity contribution < 1.29 is 5.11 Å². The van der Waals surface area contributed by atoms with Crippen LogP contribution in [0, 0.1) is 5.92 Å². The lowest BCUT2D eigenvalue weighted by Gasteiger charge is -2.34. The zero-order valence-electron chi connectivity index (χ0n) is 20.9. The van der Waals surface area contributed by atoms with E-state index in [-0.39, 0.29) is 12.5 Å². The predicted octanol–water partition coefficient (Wildman–Crippen LogP) is 4.93. The quantitative estimate of drug-likeness (QED) is 0.425. The maximum atomic E-state index is 9.79. The molecule has 0 aliphatic carbocycles. The van der Waals surface area contributed by atoms with E-state index in [9.17, 15) is 5.11 Å². The first-order valence-electron chi connectivity index (χ1n) is 12.0. The summed E-state index contributed by atoms with van der Waals surface area (Å²) < 4.78 is 0. The fourth-order valence-electron chi connectivity index (χ4n) is 4.32. The van der Waals surface area contributed by atoms with Crippen LogP contribution in [-0.4, -0.2) is 67.0 Å². The van der Waals surface area contributed by atoms with Crippen molar-refractivity contribution in [3.63, 3.8) is 0 Å². The van der Waals surface area contributed by atoms with Crippen LogP contribution in [0.25, 0.3) is 22.5 Å². The zero-order valence-corrected chi connectivity index (χ0v) is 20.9. The molecular formula is C28H37N5O. The van der Waals surface area contributed by atoms with Crippen molar-refractivity contribution >= 4 is 23.2 Å². The third-order valence-electron chi connectivity index (χ3n) is 5.92. The molecule has 3 rings (SSSR count). The highest BCUT2D eigenvalue weighted by atomic mass is 16.3. The molecule has 6 heteroatoms. The average Bonchev–Trinajstić information content (AvgIpc) is 2.86. The molecule has 1 saturated heterocycles. The summed E-state index contributed by atoms with van der Waals surface area (Å²) in [6.45, 7) is 7.99. The summed E-state index contributed by atoms with van der Waals surface area (Å²) in [6.07, 6.45) is 12.8. The summed E-state index contributed by atoms with van der Waals surface area (Å²) in [6, 6.07) is 8.26. The van der Waals surface area contributed by atoms with Gasteiger partial charge in [0.1, 0.15) is 5.82 Å². The Labute approximate surface area is 204 Å². The van der Waals surface area contributed by atoms with Crippen LogP contribution in [-0.2, 0) is 0 Å². The number of aliphatic hydroxyl groups excluding tert-OH is 1. The summed E-state index contributed by atoms with van der Waals surface area (Å²) in [5.74, 6) is 1.85. The van der Waals surface area contributed by atoms with Crippen molar-refractivity contribution in [3.8, 4) is 11.4 Å². The fraction of sp³-hybridized carbons (Fsp3) is 0.393. The molecule has 2 aromatic rings. The molecule has 1 aliphatic rings. The lowest BCUT2D eigenvalue weighted by atomic mass is 9.98. The van der Waals surface area contributed by atoms with Crippen LogP contribution in [0.15, 0.2) is 60.4 Å². The molecule has 1 aromatic carbocycles. The van der Waals surface area contributed by atoms with Crippen molar-refractivity contribution in [2.45, 2.75) is 26.2 Å². The van der Waals surface area contributed by atoms with E-state index in [4.69, 9.17) is 9.97 Å². The van der Waals surface area contributed by atoms with E-state index in [1.165, 1.54) is 0 Å². The van der Waals surface area contributed by atoms with Crippen LogP contribution in [0.1, 0.15) is 37.3 Å². The number of aromatic nitrogens is 2. The van der Waals surface area contributed by atoms with Gasteiger partial charge < -0.3 is 14.9 Å². The van der Waals surface area contributed by atoms with Crippen molar-refractivity contribution in [1.82, 2.24) is 14.9 Å². The van der Waals surface area contributed by atoms with Gasteiger partial charge >= 0.3 is 0 Å². The average molecular weight is 460 g/mol. The SMILES string of the molecule is C=C/C(=C\N(C)C)c1cccc(-c2ncc(C(/C=N\C)=C/CC)c(N3CCCC(CO)C3)n2)c1. The highest BCUT2D eigenvalue weighted by Crippen LogP contribution is 2.31. The normalized spacial score (nSPS) is 17.3. The minimum Gasteiger partial charge on any atom is -0.396 e. The molecule has 6 nitrogen and oxygen atoms in total. The molecule has 1 aromatic heterocycles. The summed E-state index contributed by atoms with van der Waals surface area (Å²) in [7, 11) is 5.78. The van der Waals surface area contributed by atoms with Gasteiger partial charge in [0.25, 0.3) is 0 Å². The summed E-state index contributed by atoms with van der Waals surface area (Å²) >= 11 is 0. The van der Waals surface area contributed by atoms with Gasteiger partial charge in [-0.15, -0.1) is 0 Å². The third kappa shape index (κ3) is 6.20. The third-order valence-corrected chi connectivity index (χ3v) is 5.92. The van der Waals surface area contributed by atoms with Crippen LogP contribution >= 0.6 is 0 Å². The standard InChI is InChI=1S/C28H37N5O/c1-6-10-25(16-29-3)26-17-30-27(31-28(26)33-14-9-11-21(18-33)20-34)24-13-8-12-23(15-24)22(7-2)19-32(4)5/h7-8,10,12-13,15-17,19,21,34H,2,6,9,11,14,18,20H2,1,3-5H3/b22-19+,25-10+,29-16-. The second-order valence-corrected chi connectivity index (χ2v) is 8.86. The molecule has 180 valence electrons. The number of aliphatic hydroxyl groups is 1. The Kier molecular flexibility index (Phi) is 9.16. The molecule has 1 unspecified atom stereocenters. The number of nitrogens with zero attached hydrogens (tertiary/aromatic N) is 5. The maximum absolute atomic E-state index is 9.79. The largest absolute Gasteiger partial charge is 0.396 e. The molecule has 1 N–H and O–H groups in total. The first kappa shape index (κ1) is 25.4. The van der Waals surface area contributed by atoms with Gasteiger partial charge in [-0.2, -0.15) is 0 Å². The Morgan fingerprint density at radius 3 is 2.82 bits per heavy atom. The number of hydrogen-bond donors (Lipinski definition) is 1. The Bertz CT molecular complexity index is 1070. The van der Waals surface area contributed by atoms with Gasteiger partial charge in [-0.05, 0) is 42.4 Å². The molecule has 0 saturated carbocycles. The first-order chi connectivity index (χ1) is 16.5. The monoisotopic (exact) mass is 459 g/mol. The second kappa shape index (κ2) is 12.3. The van der Waals surface area contributed by atoms with E-state index in [0.717, 1.165) is 66.0 Å². The number of anilines is 1. The Morgan fingerprint density at radius 2 is 2.15 bits per heavy atom. The van der Waals surface area contributed by atoms with Crippen molar-refractivity contribution in [2.75, 3.05) is 45.7 Å². The van der Waals surface area contributed by atoms with E-state index in [1.54, 1.807) is 7.05 Å². The van der Waals surface area contributed by atoms with Gasteiger partial charge in [-0.1, -0.05) is 43.9 Å². The molecule has 0 bridgehead atoms. The fourth-order valence-corrected chi connectivity index (χ4v) is 4.32. The van der Waals surface area contributed by atoms with Crippen molar-refractivity contribution in [1.29, 1.82) is 0 Å². The van der Waals surface area contributed by atoms with Crippen LogP contribution in [0.5, 0.6) is 0 Å². The van der Waals surface area contributed by atoms with Gasteiger partial charge in [0.2, 0.25) is 0 Å². The number of aliphatic imine (C=N–C) groups is 1. The molecule has 34 heavy (non-hydrogen) atoms. The molecule has 1 aliphatic heterocycles. The Morgan fingerprint density at radius 1 is 1.32 bits per heavy atom. The minimum atomic E-state index is 0.197.